The van der Waals surface area contributed by atoms with Crippen molar-refractivity contribution in [3.05, 3.63) is 59.7 Å². The molecule has 0 saturated carbocycles. The molecule has 1 fully saturated rings. The molecule has 1 aliphatic heterocycles. The number of ether oxygens (including phenoxy) is 1. The maximum absolute atomic E-state index is 12.5. The van der Waals surface area contributed by atoms with Crippen molar-refractivity contribution >= 4 is 31.8 Å². The highest BCUT2D eigenvalue weighted by Crippen LogP contribution is 2.21. The summed E-state index contributed by atoms with van der Waals surface area (Å²) in [5.41, 5.74) is 0.313. The molecule has 172 valence electrons. The molecule has 32 heavy (non-hydrogen) atoms. The minimum absolute atomic E-state index is 0.0269. The SMILES string of the molecule is CN(C)S(=O)(=O)c1ccc(C(=O)OCC(=O)c2ccc(S(=O)(=O)N3CCCC3)cc2)cc1. The number of ketones is 1. The van der Waals surface area contributed by atoms with Gasteiger partial charge in [0.05, 0.1) is 15.4 Å². The number of nitrogens with zero attached hydrogens (tertiary/aromatic N) is 2. The topological polar surface area (TPSA) is 118 Å². The van der Waals surface area contributed by atoms with Crippen molar-refractivity contribution in [2.75, 3.05) is 33.8 Å². The maximum atomic E-state index is 12.5. The molecule has 2 aromatic carbocycles. The van der Waals surface area contributed by atoms with Crippen LogP contribution < -0.4 is 0 Å². The number of hydrogen-bond acceptors (Lipinski definition) is 7. The zero-order valence-electron chi connectivity index (χ0n) is 17.7. The minimum Gasteiger partial charge on any atom is -0.454 e. The average molecular weight is 481 g/mol. The van der Waals surface area contributed by atoms with Gasteiger partial charge in [-0.15, -0.1) is 0 Å². The monoisotopic (exact) mass is 480 g/mol. The van der Waals surface area contributed by atoms with Gasteiger partial charge in [-0.2, -0.15) is 4.31 Å². The van der Waals surface area contributed by atoms with Crippen molar-refractivity contribution in [1.82, 2.24) is 8.61 Å². The molecule has 3 rings (SSSR count). The number of carbonyl (C=O) groups is 2. The van der Waals surface area contributed by atoms with E-state index >= 15 is 0 Å². The largest absolute Gasteiger partial charge is 0.454 e. The Labute approximate surface area is 187 Å². The predicted molar refractivity (Wildman–Crippen MR) is 116 cm³/mol. The van der Waals surface area contributed by atoms with E-state index in [4.69, 9.17) is 4.74 Å². The quantitative estimate of drug-likeness (QED) is 0.417. The average Bonchev–Trinajstić information content (AvgIpc) is 3.33. The second kappa shape index (κ2) is 9.49. The van der Waals surface area contributed by atoms with Crippen molar-refractivity contribution in [2.24, 2.45) is 0 Å². The first kappa shape index (κ1) is 24.1. The van der Waals surface area contributed by atoms with Gasteiger partial charge in [-0.25, -0.2) is 25.9 Å². The number of Topliss-reactive ketones (excluding diaryl/α,β-unsaturated/α-hetero) is 1. The fourth-order valence-electron chi connectivity index (χ4n) is 3.16. The van der Waals surface area contributed by atoms with Crippen LogP contribution in [0.4, 0.5) is 0 Å². The summed E-state index contributed by atoms with van der Waals surface area (Å²) in [6.07, 6.45) is 1.66. The molecule has 0 aliphatic carbocycles. The van der Waals surface area contributed by atoms with Crippen molar-refractivity contribution in [2.45, 2.75) is 22.6 Å². The number of carbonyl (C=O) groups excluding carboxylic acids is 2. The van der Waals surface area contributed by atoms with Gasteiger partial charge in [0, 0.05) is 32.7 Å². The molecule has 0 spiro atoms. The molecule has 1 aliphatic rings. The lowest BCUT2D eigenvalue weighted by Gasteiger charge is -2.15. The zero-order valence-corrected chi connectivity index (χ0v) is 19.4. The van der Waals surface area contributed by atoms with Gasteiger partial charge < -0.3 is 4.74 Å². The van der Waals surface area contributed by atoms with Gasteiger partial charge >= 0.3 is 5.97 Å². The molecule has 0 amide bonds. The predicted octanol–water partition coefficient (Wildman–Crippen LogP) is 1.76. The van der Waals surface area contributed by atoms with Crippen molar-refractivity contribution < 1.29 is 31.2 Å². The normalized spacial score (nSPS) is 15.1. The molecule has 0 unspecified atom stereocenters. The fraction of sp³-hybridized carbons (Fsp3) is 0.333. The Balaban J connectivity index is 1.61. The van der Waals surface area contributed by atoms with Crippen LogP contribution in [0.15, 0.2) is 58.3 Å². The molecule has 1 heterocycles. The van der Waals surface area contributed by atoms with E-state index in [0.717, 1.165) is 17.1 Å². The third-order valence-corrected chi connectivity index (χ3v) is 8.82. The molecule has 1 saturated heterocycles. The van der Waals surface area contributed by atoms with Gasteiger partial charge in [0.25, 0.3) is 0 Å². The van der Waals surface area contributed by atoms with Crippen LogP contribution in [-0.4, -0.2) is 71.0 Å². The van der Waals surface area contributed by atoms with Crippen LogP contribution in [0, 0.1) is 0 Å². The number of esters is 1. The van der Waals surface area contributed by atoms with E-state index in [1.54, 1.807) is 0 Å². The fourth-order valence-corrected chi connectivity index (χ4v) is 5.58. The Morgan fingerprint density at radius 3 is 1.88 bits per heavy atom. The summed E-state index contributed by atoms with van der Waals surface area (Å²) in [6.45, 7) is 0.441. The van der Waals surface area contributed by atoms with E-state index < -0.39 is 38.4 Å². The third kappa shape index (κ3) is 5.07. The van der Waals surface area contributed by atoms with E-state index in [0.29, 0.717) is 13.1 Å². The maximum Gasteiger partial charge on any atom is 0.338 e. The molecule has 0 aromatic heterocycles. The summed E-state index contributed by atoms with van der Waals surface area (Å²) >= 11 is 0. The highest BCUT2D eigenvalue weighted by Gasteiger charge is 2.27. The first-order valence-corrected chi connectivity index (χ1v) is 12.7. The van der Waals surface area contributed by atoms with Crippen LogP contribution in [0.25, 0.3) is 0 Å². The molecule has 2 aromatic rings. The second-order valence-corrected chi connectivity index (χ2v) is 11.5. The smallest absolute Gasteiger partial charge is 0.338 e. The van der Waals surface area contributed by atoms with E-state index in [1.807, 2.05) is 0 Å². The van der Waals surface area contributed by atoms with Crippen LogP contribution in [-0.2, 0) is 24.8 Å². The highest BCUT2D eigenvalue weighted by molar-refractivity contribution is 7.89. The molecule has 0 radical (unpaired) electrons. The van der Waals surface area contributed by atoms with E-state index in [2.05, 4.69) is 0 Å². The van der Waals surface area contributed by atoms with Gasteiger partial charge in [0.15, 0.2) is 12.4 Å². The summed E-state index contributed by atoms with van der Waals surface area (Å²) in [5, 5.41) is 0. The second-order valence-electron chi connectivity index (χ2n) is 7.45. The van der Waals surface area contributed by atoms with E-state index in [9.17, 15) is 26.4 Å². The third-order valence-electron chi connectivity index (χ3n) is 5.08. The van der Waals surface area contributed by atoms with Gasteiger partial charge in [0.1, 0.15) is 0 Å². The van der Waals surface area contributed by atoms with Crippen LogP contribution in [0.5, 0.6) is 0 Å². The first-order valence-electron chi connectivity index (χ1n) is 9.86. The Bertz CT molecular complexity index is 1200. The molecule has 11 heteroatoms. The van der Waals surface area contributed by atoms with E-state index in [1.165, 1.54) is 66.9 Å². The van der Waals surface area contributed by atoms with Crippen LogP contribution in [0.2, 0.25) is 0 Å². The molecule has 0 atom stereocenters. The minimum atomic E-state index is -3.62. The highest BCUT2D eigenvalue weighted by atomic mass is 32.2. The van der Waals surface area contributed by atoms with Gasteiger partial charge in [-0.3, -0.25) is 4.79 Å². The van der Waals surface area contributed by atoms with Crippen molar-refractivity contribution in [1.29, 1.82) is 0 Å². The lowest BCUT2D eigenvalue weighted by molar-refractivity contribution is 0.0474. The zero-order chi connectivity index (χ0) is 23.5. The van der Waals surface area contributed by atoms with Gasteiger partial charge in [-0.05, 0) is 61.4 Å². The van der Waals surface area contributed by atoms with E-state index in [-0.39, 0.29) is 20.9 Å². The summed E-state index contributed by atoms with van der Waals surface area (Å²) < 4.78 is 56.7. The molecule has 0 N–H and O–H groups in total. The van der Waals surface area contributed by atoms with Crippen LogP contribution in [0.1, 0.15) is 33.6 Å². The summed E-state index contributed by atoms with van der Waals surface area (Å²) in [5.74, 6) is -1.27. The Morgan fingerprint density at radius 1 is 0.844 bits per heavy atom. The number of benzene rings is 2. The molecule has 0 bridgehead atoms. The van der Waals surface area contributed by atoms with Crippen LogP contribution >= 0.6 is 0 Å². The summed E-state index contributed by atoms with van der Waals surface area (Å²) in [7, 11) is -4.39. The molecular weight excluding hydrogens is 456 g/mol. The van der Waals surface area contributed by atoms with Gasteiger partial charge in [0.2, 0.25) is 20.0 Å². The number of hydrogen-bond donors (Lipinski definition) is 0. The van der Waals surface area contributed by atoms with Crippen molar-refractivity contribution in [3.8, 4) is 0 Å². The Kier molecular flexibility index (Phi) is 7.13. The Hall–Kier alpha value is -2.60. The van der Waals surface area contributed by atoms with Gasteiger partial charge in [-0.1, -0.05) is 0 Å². The number of rotatable bonds is 8. The molecule has 9 nitrogen and oxygen atoms in total. The standard InChI is InChI=1S/C21H24N2O7S2/c1-22(2)31(26,27)18-11-7-17(8-12-18)21(25)30-15-20(24)16-5-9-19(10-6-16)32(28,29)23-13-3-4-14-23/h5-12H,3-4,13-15H2,1-2H3. The first-order chi connectivity index (χ1) is 15.0. The lowest BCUT2D eigenvalue weighted by Crippen LogP contribution is -2.27. The van der Waals surface area contributed by atoms with Crippen molar-refractivity contribution in [3.63, 3.8) is 0 Å². The Morgan fingerprint density at radius 2 is 1.34 bits per heavy atom. The van der Waals surface area contributed by atoms with Crippen LogP contribution in [0.3, 0.4) is 0 Å². The number of sulfonamides is 2. The molecular formula is C21H24N2O7S2. The lowest BCUT2D eigenvalue weighted by atomic mass is 10.1. The summed E-state index contributed by atoms with van der Waals surface area (Å²) in [4.78, 5) is 24.7. The summed E-state index contributed by atoms with van der Waals surface area (Å²) in [6, 6.07) is 10.7.